The maximum absolute atomic E-state index is 12.8. The molecule has 3 rings (SSSR count). The van der Waals surface area contributed by atoms with Crippen LogP contribution in [-0.4, -0.2) is 41.1 Å². The van der Waals surface area contributed by atoms with Gasteiger partial charge in [0.2, 0.25) is 23.6 Å². The van der Waals surface area contributed by atoms with E-state index in [1.54, 1.807) is 17.0 Å². The van der Waals surface area contributed by atoms with Gasteiger partial charge in [0, 0.05) is 24.1 Å². The molecule has 2 fully saturated rings. The highest BCUT2D eigenvalue weighted by Crippen LogP contribution is 2.36. The molecule has 2 aliphatic rings. The summed E-state index contributed by atoms with van der Waals surface area (Å²) in [6, 6.07) is 6.76. The summed E-state index contributed by atoms with van der Waals surface area (Å²) in [5.41, 5.74) is 0.203. The Morgan fingerprint density at radius 3 is 2.43 bits per heavy atom. The molecule has 2 N–H and O–H groups in total. The molecule has 30 heavy (non-hydrogen) atoms. The molecule has 7 nitrogen and oxygen atoms in total. The van der Waals surface area contributed by atoms with Crippen LogP contribution in [0.3, 0.4) is 0 Å². The van der Waals surface area contributed by atoms with Gasteiger partial charge in [0.25, 0.3) is 0 Å². The van der Waals surface area contributed by atoms with Gasteiger partial charge in [0.05, 0.1) is 5.41 Å². The van der Waals surface area contributed by atoms with Crippen LogP contribution in [0, 0.1) is 5.41 Å². The van der Waals surface area contributed by atoms with Gasteiger partial charge in [-0.15, -0.1) is 0 Å². The third-order valence-corrected chi connectivity index (χ3v) is 6.23. The highest BCUT2D eigenvalue weighted by atomic mass is 16.2. The van der Waals surface area contributed by atoms with Crippen molar-refractivity contribution in [3.8, 4) is 0 Å². The Bertz CT molecular complexity index is 856. The summed E-state index contributed by atoms with van der Waals surface area (Å²) in [5.74, 6) is -0.707. The maximum Gasteiger partial charge on any atom is 0.247 e. The van der Waals surface area contributed by atoms with Crippen LogP contribution >= 0.6 is 0 Å². The van der Waals surface area contributed by atoms with E-state index in [4.69, 9.17) is 0 Å². The summed E-state index contributed by atoms with van der Waals surface area (Å²) >= 11 is 0. The number of amides is 4. The predicted octanol–water partition coefficient (Wildman–Crippen LogP) is 2.75. The summed E-state index contributed by atoms with van der Waals surface area (Å²) in [7, 11) is 0. The van der Waals surface area contributed by atoms with Crippen LogP contribution < -0.4 is 10.6 Å². The van der Waals surface area contributed by atoms with Gasteiger partial charge in [-0.25, -0.2) is 0 Å². The third kappa shape index (κ3) is 4.11. The fourth-order valence-electron chi connectivity index (χ4n) is 4.38. The molecule has 1 aromatic carbocycles. The number of hydrogen-bond acceptors (Lipinski definition) is 4. The summed E-state index contributed by atoms with van der Waals surface area (Å²) in [6.07, 6.45) is 2.84. The highest BCUT2D eigenvalue weighted by molar-refractivity contribution is 6.03. The van der Waals surface area contributed by atoms with Gasteiger partial charge in [-0.05, 0) is 43.4 Å². The van der Waals surface area contributed by atoms with Crippen LogP contribution in [0.25, 0.3) is 0 Å². The van der Waals surface area contributed by atoms with Gasteiger partial charge in [-0.1, -0.05) is 39.8 Å². The lowest BCUT2D eigenvalue weighted by Crippen LogP contribution is -2.51. The van der Waals surface area contributed by atoms with Crippen molar-refractivity contribution < 1.29 is 19.2 Å². The van der Waals surface area contributed by atoms with Crippen LogP contribution in [0.2, 0.25) is 0 Å². The van der Waals surface area contributed by atoms with Crippen molar-refractivity contribution in [2.45, 2.75) is 71.3 Å². The zero-order valence-corrected chi connectivity index (χ0v) is 18.2. The van der Waals surface area contributed by atoms with Crippen molar-refractivity contribution in [2.24, 2.45) is 5.41 Å². The van der Waals surface area contributed by atoms with Gasteiger partial charge in [-0.3, -0.25) is 24.5 Å². The average Bonchev–Trinajstić information content (AvgIpc) is 3.18. The molecule has 0 radical (unpaired) electrons. The van der Waals surface area contributed by atoms with Crippen LogP contribution in [0.5, 0.6) is 0 Å². The first-order valence-corrected chi connectivity index (χ1v) is 10.7. The molecule has 2 heterocycles. The van der Waals surface area contributed by atoms with Crippen LogP contribution in [0.4, 0.5) is 5.69 Å². The van der Waals surface area contributed by atoms with Gasteiger partial charge in [0.15, 0.2) is 0 Å². The number of rotatable bonds is 4. The molecule has 0 aromatic heterocycles. The molecule has 0 bridgehead atoms. The number of nitrogens with zero attached hydrogens (tertiary/aromatic N) is 1. The molecule has 2 aliphatic heterocycles. The second kappa shape index (κ2) is 8.20. The molecule has 2 saturated heterocycles. The van der Waals surface area contributed by atoms with E-state index in [2.05, 4.69) is 10.6 Å². The Morgan fingerprint density at radius 2 is 1.87 bits per heavy atom. The molecule has 7 heteroatoms. The molecule has 0 aliphatic carbocycles. The lowest BCUT2D eigenvalue weighted by Gasteiger charge is -2.35. The van der Waals surface area contributed by atoms with Crippen molar-refractivity contribution in [1.29, 1.82) is 0 Å². The first-order valence-electron chi connectivity index (χ1n) is 10.7. The Labute approximate surface area is 177 Å². The van der Waals surface area contributed by atoms with Crippen molar-refractivity contribution in [3.63, 3.8) is 0 Å². The number of carbonyl (C=O) groups is 4. The molecular formula is C23H31N3O4. The Kier molecular flexibility index (Phi) is 6.01. The van der Waals surface area contributed by atoms with E-state index in [0.29, 0.717) is 37.9 Å². The van der Waals surface area contributed by atoms with E-state index in [1.165, 1.54) is 0 Å². The average molecular weight is 414 g/mol. The number of anilines is 1. The zero-order valence-electron chi connectivity index (χ0n) is 18.2. The third-order valence-electron chi connectivity index (χ3n) is 6.23. The summed E-state index contributed by atoms with van der Waals surface area (Å²) in [5, 5.41) is 5.36. The number of benzene rings is 1. The Balaban J connectivity index is 1.72. The fourth-order valence-corrected chi connectivity index (χ4v) is 4.38. The molecular weight excluding hydrogens is 382 g/mol. The van der Waals surface area contributed by atoms with E-state index >= 15 is 0 Å². The maximum atomic E-state index is 12.8. The second-order valence-corrected chi connectivity index (χ2v) is 9.29. The summed E-state index contributed by atoms with van der Waals surface area (Å²) in [4.78, 5) is 51.3. The fraction of sp³-hybridized carbons (Fsp3) is 0.565. The number of hydrogen-bond donors (Lipinski definition) is 2. The first-order chi connectivity index (χ1) is 14.1. The van der Waals surface area contributed by atoms with Crippen molar-refractivity contribution >= 4 is 29.3 Å². The van der Waals surface area contributed by atoms with Crippen molar-refractivity contribution in [2.75, 3.05) is 11.9 Å². The molecule has 162 valence electrons. The van der Waals surface area contributed by atoms with Crippen LogP contribution in [-0.2, 0) is 24.6 Å². The molecule has 2 atom stereocenters. The second-order valence-electron chi connectivity index (χ2n) is 9.29. The number of imide groups is 1. The highest BCUT2D eigenvalue weighted by Gasteiger charge is 2.43. The molecule has 0 saturated carbocycles. The number of carbonyl (C=O) groups excluding carboxylic acids is 4. The predicted molar refractivity (Wildman–Crippen MR) is 114 cm³/mol. The van der Waals surface area contributed by atoms with Crippen LogP contribution in [0.15, 0.2) is 24.3 Å². The Morgan fingerprint density at radius 1 is 1.20 bits per heavy atom. The van der Waals surface area contributed by atoms with Gasteiger partial charge in [0.1, 0.15) is 6.04 Å². The van der Waals surface area contributed by atoms with Gasteiger partial charge < -0.3 is 10.2 Å². The minimum Gasteiger partial charge on any atom is -0.330 e. The van der Waals surface area contributed by atoms with Gasteiger partial charge >= 0.3 is 0 Å². The van der Waals surface area contributed by atoms with E-state index in [9.17, 15) is 19.2 Å². The van der Waals surface area contributed by atoms with Crippen molar-refractivity contribution in [1.82, 2.24) is 10.2 Å². The lowest BCUT2D eigenvalue weighted by atomic mass is 9.72. The van der Waals surface area contributed by atoms with E-state index in [-0.39, 0.29) is 23.6 Å². The minimum absolute atomic E-state index is 0.0155. The number of nitrogens with one attached hydrogen (secondary N) is 2. The Hall–Kier alpha value is -2.70. The summed E-state index contributed by atoms with van der Waals surface area (Å²) in [6.45, 7) is 8.12. The van der Waals surface area contributed by atoms with E-state index in [0.717, 1.165) is 12.0 Å². The largest absolute Gasteiger partial charge is 0.330 e. The van der Waals surface area contributed by atoms with E-state index < -0.39 is 16.9 Å². The molecule has 2 unspecified atom stereocenters. The number of likely N-dealkylation sites (tertiary alicyclic amines) is 1. The minimum atomic E-state index is -0.724. The molecule has 1 aromatic rings. The SMILES string of the molecule is CCC1(c2ccc(NC(=O)C3CCCN3C(=O)C(C)(C)C)cc2)CCC(=O)NC1=O. The smallest absolute Gasteiger partial charge is 0.247 e. The van der Waals surface area contributed by atoms with Gasteiger partial charge in [-0.2, -0.15) is 0 Å². The topological polar surface area (TPSA) is 95.6 Å². The lowest BCUT2D eigenvalue weighted by molar-refractivity contribution is -0.143. The first kappa shape index (κ1) is 22.0. The summed E-state index contributed by atoms with van der Waals surface area (Å²) < 4.78 is 0. The quantitative estimate of drug-likeness (QED) is 0.742. The standard InChI is InChI=1S/C23H31N3O4/c1-5-23(13-12-18(27)25-20(23)29)15-8-10-16(11-9-15)24-19(28)17-7-6-14-26(17)21(30)22(2,3)4/h8-11,17H,5-7,12-14H2,1-4H3,(H,24,28)(H,25,27,29). The number of piperidine rings is 1. The molecule has 0 spiro atoms. The van der Waals surface area contributed by atoms with Crippen molar-refractivity contribution in [3.05, 3.63) is 29.8 Å². The van der Waals surface area contributed by atoms with E-state index in [1.807, 2.05) is 39.8 Å². The zero-order chi connectivity index (χ0) is 22.1. The normalized spacial score (nSPS) is 24.5. The van der Waals surface area contributed by atoms with Crippen LogP contribution in [0.1, 0.15) is 65.4 Å². The molecule has 4 amide bonds. The monoisotopic (exact) mass is 413 g/mol.